The van der Waals surface area contributed by atoms with E-state index in [1.165, 1.54) is 0 Å². The van der Waals surface area contributed by atoms with Crippen molar-refractivity contribution in [2.24, 2.45) is 0 Å². The predicted molar refractivity (Wildman–Crippen MR) is 114 cm³/mol. The monoisotopic (exact) mass is 429 g/mol. The van der Waals surface area contributed by atoms with Crippen LogP contribution in [0.5, 0.6) is 0 Å². The minimum absolute atomic E-state index is 0.0137. The predicted octanol–water partition coefficient (Wildman–Crippen LogP) is 1.36. The molecule has 30 heavy (non-hydrogen) atoms. The molecule has 0 atom stereocenters. The van der Waals surface area contributed by atoms with Crippen molar-refractivity contribution in [2.75, 3.05) is 38.5 Å². The minimum atomic E-state index is -0.0317. The molecule has 160 valence electrons. The van der Waals surface area contributed by atoms with Gasteiger partial charge in [-0.25, -0.2) is 4.68 Å². The molecule has 1 amide bonds. The first-order valence-corrected chi connectivity index (χ1v) is 12.0. The van der Waals surface area contributed by atoms with E-state index in [1.54, 1.807) is 10.7 Å². The van der Waals surface area contributed by atoms with Gasteiger partial charge in [-0.2, -0.15) is 16.9 Å². The van der Waals surface area contributed by atoms with E-state index in [2.05, 4.69) is 15.2 Å². The van der Waals surface area contributed by atoms with Crippen molar-refractivity contribution in [1.82, 2.24) is 24.7 Å². The van der Waals surface area contributed by atoms with Gasteiger partial charge >= 0.3 is 0 Å². The Hall–Kier alpha value is -2.13. The summed E-state index contributed by atoms with van der Waals surface area (Å²) in [5, 5.41) is 8.71. The molecule has 1 saturated heterocycles. The molecule has 0 radical (unpaired) electrons. The highest BCUT2D eigenvalue weighted by atomic mass is 32.2. The number of carbonyl (C=O) groups is 1. The molecule has 8 nitrogen and oxygen atoms in total. The number of hydrogen-bond donors (Lipinski definition) is 0. The van der Waals surface area contributed by atoms with Gasteiger partial charge in [-0.15, -0.1) is 0 Å². The number of aromatic nitrogens is 3. The van der Waals surface area contributed by atoms with Crippen molar-refractivity contribution in [2.45, 2.75) is 44.4 Å². The van der Waals surface area contributed by atoms with E-state index in [1.807, 2.05) is 16.7 Å². The topological polar surface area (TPSA) is 84.5 Å². The van der Waals surface area contributed by atoms with Crippen molar-refractivity contribution in [1.29, 1.82) is 0 Å². The number of amides is 1. The van der Waals surface area contributed by atoms with E-state index in [0.29, 0.717) is 25.4 Å². The number of nitrogens with zero attached hydrogens (tertiary/aromatic N) is 5. The fourth-order valence-electron chi connectivity index (χ4n) is 4.53. The third-order valence-electron chi connectivity index (χ3n) is 6.35. The van der Waals surface area contributed by atoms with Gasteiger partial charge in [-0.1, -0.05) is 5.16 Å². The Kier molecular flexibility index (Phi) is 5.64. The van der Waals surface area contributed by atoms with Crippen LogP contribution in [-0.2, 0) is 31.6 Å². The maximum absolute atomic E-state index is 12.9. The lowest BCUT2D eigenvalue weighted by Gasteiger charge is -2.34. The van der Waals surface area contributed by atoms with Gasteiger partial charge in [0.05, 0.1) is 17.9 Å². The second-order valence-electron chi connectivity index (χ2n) is 8.26. The average molecular weight is 430 g/mol. The Morgan fingerprint density at radius 1 is 1.07 bits per heavy atom. The summed E-state index contributed by atoms with van der Waals surface area (Å²) in [4.78, 5) is 29.4. The van der Waals surface area contributed by atoms with Crippen LogP contribution in [0, 0.1) is 0 Å². The molecule has 3 aliphatic rings. The lowest BCUT2D eigenvalue weighted by atomic mass is 9.96. The Labute approximate surface area is 179 Å². The Morgan fingerprint density at radius 3 is 2.77 bits per heavy atom. The summed E-state index contributed by atoms with van der Waals surface area (Å²) in [6.45, 7) is 4.26. The molecule has 0 unspecified atom stereocenters. The molecule has 0 aromatic carbocycles. The molecular formula is C21H27N5O3S. The summed E-state index contributed by atoms with van der Waals surface area (Å²) >= 11 is 1.86. The van der Waals surface area contributed by atoms with Gasteiger partial charge in [-0.05, 0) is 37.0 Å². The van der Waals surface area contributed by atoms with Crippen LogP contribution in [0.25, 0.3) is 0 Å². The van der Waals surface area contributed by atoms with Crippen molar-refractivity contribution < 1.29 is 9.32 Å². The normalized spacial score (nSPS) is 19.4. The van der Waals surface area contributed by atoms with Crippen LogP contribution in [0.2, 0.25) is 0 Å². The summed E-state index contributed by atoms with van der Waals surface area (Å²) in [6.07, 6.45) is 4.95. The van der Waals surface area contributed by atoms with Crippen LogP contribution < -0.4 is 5.56 Å². The second-order valence-corrected chi connectivity index (χ2v) is 9.36. The highest BCUT2D eigenvalue weighted by molar-refractivity contribution is 7.98. The van der Waals surface area contributed by atoms with Gasteiger partial charge in [0.1, 0.15) is 0 Å². The third kappa shape index (κ3) is 3.92. The highest BCUT2D eigenvalue weighted by Gasteiger charge is 2.29. The van der Waals surface area contributed by atoms with Crippen LogP contribution in [0.1, 0.15) is 45.9 Å². The maximum Gasteiger partial charge on any atom is 0.292 e. The van der Waals surface area contributed by atoms with Gasteiger partial charge in [0.15, 0.2) is 0 Å². The van der Waals surface area contributed by atoms with Crippen molar-refractivity contribution in [3.05, 3.63) is 44.7 Å². The second kappa shape index (κ2) is 8.55. The zero-order chi connectivity index (χ0) is 20.5. The first kappa shape index (κ1) is 19.8. The quantitative estimate of drug-likeness (QED) is 0.725. The van der Waals surface area contributed by atoms with Gasteiger partial charge < -0.3 is 9.42 Å². The van der Waals surface area contributed by atoms with E-state index < -0.39 is 0 Å². The van der Waals surface area contributed by atoms with Crippen LogP contribution >= 0.6 is 11.8 Å². The third-order valence-corrected chi connectivity index (χ3v) is 7.35. The minimum Gasteiger partial charge on any atom is -0.350 e. The molecular weight excluding hydrogens is 402 g/mol. The molecule has 2 aromatic heterocycles. The number of fused-ring (bicyclic) bond motifs is 2. The fourth-order valence-corrected chi connectivity index (χ4v) is 5.48. The van der Waals surface area contributed by atoms with Crippen molar-refractivity contribution in [3.63, 3.8) is 0 Å². The molecule has 0 bridgehead atoms. The van der Waals surface area contributed by atoms with Crippen LogP contribution in [0.4, 0.5) is 0 Å². The van der Waals surface area contributed by atoms with E-state index in [0.717, 1.165) is 85.8 Å². The summed E-state index contributed by atoms with van der Waals surface area (Å²) in [6, 6.07) is 1.75. The fraction of sp³-hybridized carbons (Fsp3) is 0.619. The zero-order valence-corrected chi connectivity index (χ0v) is 18.0. The number of rotatable bonds is 4. The molecule has 2 aliphatic heterocycles. The lowest BCUT2D eigenvalue weighted by molar-refractivity contribution is 0.0590. The molecule has 9 heteroatoms. The van der Waals surface area contributed by atoms with E-state index in [4.69, 9.17) is 4.52 Å². The average Bonchev–Trinajstić information content (AvgIpc) is 3.22. The number of hydrogen-bond acceptors (Lipinski definition) is 7. The standard InChI is InChI=1S/C21H27N5O3S/c27-19-13-15-14-30-12-5-17(15)22-26(19)11-8-24-6-9-25(10-7-24)21(28)20-16-3-1-2-4-18(16)23-29-20/h13H,1-12,14H2. The molecule has 5 rings (SSSR count). The largest absolute Gasteiger partial charge is 0.350 e. The first-order chi connectivity index (χ1) is 14.7. The van der Waals surface area contributed by atoms with Crippen LogP contribution in [0.3, 0.4) is 0 Å². The number of piperazine rings is 1. The Morgan fingerprint density at radius 2 is 1.90 bits per heavy atom. The van der Waals surface area contributed by atoms with Crippen molar-refractivity contribution in [3.8, 4) is 0 Å². The summed E-state index contributed by atoms with van der Waals surface area (Å²) in [7, 11) is 0. The van der Waals surface area contributed by atoms with Gasteiger partial charge in [0.25, 0.3) is 11.5 Å². The molecule has 2 aromatic rings. The molecule has 0 saturated carbocycles. The molecule has 4 heterocycles. The summed E-state index contributed by atoms with van der Waals surface area (Å²) < 4.78 is 7.03. The molecule has 1 aliphatic carbocycles. The zero-order valence-electron chi connectivity index (χ0n) is 17.1. The Bertz CT molecular complexity index is 993. The van der Waals surface area contributed by atoms with Crippen molar-refractivity contribution >= 4 is 17.7 Å². The van der Waals surface area contributed by atoms with Gasteiger partial charge in [0.2, 0.25) is 5.76 Å². The number of aryl methyl sites for hydroxylation is 2. The highest BCUT2D eigenvalue weighted by Crippen LogP contribution is 2.25. The molecule has 0 N–H and O–H groups in total. The van der Waals surface area contributed by atoms with E-state index in [-0.39, 0.29) is 11.5 Å². The molecule has 0 spiro atoms. The first-order valence-electron chi connectivity index (χ1n) is 10.9. The number of thioether (sulfide) groups is 1. The van der Waals surface area contributed by atoms with Gasteiger partial charge in [0, 0.05) is 56.5 Å². The van der Waals surface area contributed by atoms with Gasteiger partial charge in [-0.3, -0.25) is 14.5 Å². The number of carbonyl (C=O) groups excluding carboxylic acids is 1. The molecule has 1 fully saturated rings. The van der Waals surface area contributed by atoms with Crippen LogP contribution in [0.15, 0.2) is 15.4 Å². The summed E-state index contributed by atoms with van der Waals surface area (Å²) in [5.41, 5.74) is 4.13. The SMILES string of the molecule is O=C(c1onc2c1CCCC2)N1CCN(CCn2nc3c(cc2=O)CSCC3)CC1. The Balaban J connectivity index is 1.16. The van der Waals surface area contributed by atoms with E-state index >= 15 is 0 Å². The van der Waals surface area contributed by atoms with Crippen LogP contribution in [-0.4, -0.2) is 69.1 Å². The maximum atomic E-state index is 12.9. The smallest absolute Gasteiger partial charge is 0.292 e. The van der Waals surface area contributed by atoms with E-state index in [9.17, 15) is 9.59 Å². The lowest BCUT2D eigenvalue weighted by Crippen LogP contribution is -2.49. The summed E-state index contributed by atoms with van der Waals surface area (Å²) in [5.74, 6) is 2.38.